The van der Waals surface area contributed by atoms with Crippen molar-refractivity contribution in [3.05, 3.63) is 36.7 Å². The van der Waals surface area contributed by atoms with Crippen molar-refractivity contribution in [2.24, 2.45) is 0 Å². The van der Waals surface area contributed by atoms with Crippen molar-refractivity contribution in [2.75, 3.05) is 37.7 Å². The second kappa shape index (κ2) is 9.95. The van der Waals surface area contributed by atoms with Gasteiger partial charge in [0.05, 0.1) is 36.1 Å². The summed E-state index contributed by atoms with van der Waals surface area (Å²) in [6, 6.07) is 6.11. The molecular weight excluding hydrogens is 368 g/mol. The topological polar surface area (TPSA) is 142 Å². The summed E-state index contributed by atoms with van der Waals surface area (Å²) >= 11 is 0. The van der Waals surface area contributed by atoms with Crippen molar-refractivity contribution in [2.45, 2.75) is 6.92 Å². The number of para-hydroxylation sites is 1. The molecule has 10 heteroatoms. The van der Waals surface area contributed by atoms with Crippen LogP contribution in [-0.2, 0) is 14.3 Å². The molecule has 1 aliphatic heterocycles. The van der Waals surface area contributed by atoms with Crippen molar-refractivity contribution in [3.63, 3.8) is 0 Å². The van der Waals surface area contributed by atoms with Gasteiger partial charge < -0.3 is 39.3 Å². The number of fused-ring (bicyclic) bond motifs is 1. The number of nitrogens with one attached hydrogen (secondary N) is 1. The summed E-state index contributed by atoms with van der Waals surface area (Å²) < 4.78 is 5.03. The molecule has 0 saturated carbocycles. The second-order valence-electron chi connectivity index (χ2n) is 5.72. The van der Waals surface area contributed by atoms with Gasteiger partial charge in [-0.15, -0.1) is 0 Å². The summed E-state index contributed by atoms with van der Waals surface area (Å²) in [5.74, 6) is -3.09. The van der Waals surface area contributed by atoms with Crippen LogP contribution in [0.15, 0.2) is 36.7 Å². The Balaban J connectivity index is 0.000000300. The maximum atomic E-state index is 11.7. The highest BCUT2D eigenvalue weighted by atomic mass is 16.6. The predicted molar refractivity (Wildman–Crippen MR) is 96.1 cm³/mol. The number of hydrogen-bond acceptors (Lipinski definition) is 8. The number of carboxylic acid groups (broad SMARTS) is 2. The van der Waals surface area contributed by atoms with Crippen LogP contribution in [0.3, 0.4) is 0 Å². The third-order valence-electron chi connectivity index (χ3n) is 3.93. The predicted octanol–water partition coefficient (Wildman–Crippen LogP) is -1.12. The van der Waals surface area contributed by atoms with Crippen LogP contribution in [0, 0.1) is 0 Å². The summed E-state index contributed by atoms with van der Waals surface area (Å²) in [6.45, 7) is 5.20. The fraction of sp³-hybridized carbons (Fsp3) is 0.333. The van der Waals surface area contributed by atoms with Crippen LogP contribution in [0.2, 0.25) is 0 Å². The van der Waals surface area contributed by atoms with Gasteiger partial charge in [-0.05, 0) is 31.2 Å². The van der Waals surface area contributed by atoms with Gasteiger partial charge >= 0.3 is 6.09 Å². The number of ether oxygens (including phenoxy) is 1. The average molecular weight is 388 g/mol. The molecule has 1 fully saturated rings. The van der Waals surface area contributed by atoms with Crippen LogP contribution in [0.5, 0.6) is 0 Å². The van der Waals surface area contributed by atoms with Crippen molar-refractivity contribution < 1.29 is 29.3 Å². The fourth-order valence-electron chi connectivity index (χ4n) is 2.69. The third kappa shape index (κ3) is 5.73. The number of piperazine rings is 1. The minimum Gasteiger partial charge on any atom is -0.545 e. The zero-order valence-electron chi connectivity index (χ0n) is 15.3. The zero-order chi connectivity index (χ0) is 20.5. The molecule has 1 aromatic heterocycles. The minimum atomic E-state index is -1.55. The number of nitrogens with zero attached hydrogens (tertiary/aromatic N) is 3. The molecule has 0 spiro atoms. The Hall–Kier alpha value is -3.56. The summed E-state index contributed by atoms with van der Waals surface area (Å²) in [4.78, 5) is 42.0. The molecule has 1 saturated heterocycles. The second-order valence-corrected chi connectivity index (χ2v) is 5.72. The van der Waals surface area contributed by atoms with Gasteiger partial charge in [-0.2, -0.15) is 0 Å². The van der Waals surface area contributed by atoms with Crippen molar-refractivity contribution >= 4 is 34.8 Å². The molecule has 2 heterocycles. The van der Waals surface area contributed by atoms with Crippen LogP contribution in [-0.4, -0.2) is 65.7 Å². The van der Waals surface area contributed by atoms with E-state index >= 15 is 0 Å². The first-order chi connectivity index (χ1) is 13.4. The standard InChI is InChI=1S/C14H18N4O2.C4H4O4/c1-2-20-14(19)18-8-6-17(7-9-18)12-5-3-4-11-13(12)16-10-15-11;5-3(6)1-2-4(7)8/h3-5,10H,2,6-9H2,1H3,(H,15,16);1-2H,(H,5,6)(H,7,8)/p-2. The zero-order valence-corrected chi connectivity index (χ0v) is 15.3. The van der Waals surface area contributed by atoms with E-state index in [-0.39, 0.29) is 6.09 Å². The maximum Gasteiger partial charge on any atom is 0.409 e. The van der Waals surface area contributed by atoms with E-state index in [1.54, 1.807) is 11.2 Å². The number of carbonyl (C=O) groups excluding carboxylic acids is 3. The molecule has 0 radical (unpaired) electrons. The molecule has 2 aromatic rings. The van der Waals surface area contributed by atoms with Crippen LogP contribution in [0.25, 0.3) is 11.0 Å². The summed E-state index contributed by atoms with van der Waals surface area (Å²) in [7, 11) is 0. The molecule has 1 amide bonds. The molecule has 1 aromatic carbocycles. The smallest absolute Gasteiger partial charge is 0.409 e. The van der Waals surface area contributed by atoms with E-state index < -0.39 is 11.9 Å². The number of rotatable bonds is 4. The number of hydrogen-bond donors (Lipinski definition) is 1. The number of carbonyl (C=O) groups is 3. The fourth-order valence-corrected chi connectivity index (χ4v) is 2.69. The van der Waals surface area contributed by atoms with Crippen molar-refractivity contribution in [1.29, 1.82) is 0 Å². The van der Waals surface area contributed by atoms with E-state index in [4.69, 9.17) is 4.74 Å². The Morgan fingerprint density at radius 2 is 1.79 bits per heavy atom. The van der Waals surface area contributed by atoms with Crippen LogP contribution < -0.4 is 15.1 Å². The largest absolute Gasteiger partial charge is 0.545 e. The van der Waals surface area contributed by atoms with E-state index in [1.165, 1.54) is 0 Å². The molecule has 150 valence electrons. The first-order valence-electron chi connectivity index (χ1n) is 8.61. The third-order valence-corrected chi connectivity index (χ3v) is 3.93. The molecule has 3 rings (SSSR count). The minimum absolute atomic E-state index is 0.217. The number of H-pyrrole nitrogens is 1. The van der Waals surface area contributed by atoms with Gasteiger partial charge in [0.15, 0.2) is 0 Å². The van der Waals surface area contributed by atoms with E-state index in [2.05, 4.69) is 20.9 Å². The van der Waals surface area contributed by atoms with Gasteiger partial charge in [-0.1, -0.05) is 6.07 Å². The van der Waals surface area contributed by atoms with Crippen LogP contribution in [0.4, 0.5) is 10.5 Å². The maximum absolute atomic E-state index is 11.7. The van der Waals surface area contributed by atoms with Gasteiger partial charge in [0.2, 0.25) is 0 Å². The Kier molecular flexibility index (Phi) is 7.37. The Morgan fingerprint density at radius 1 is 1.14 bits per heavy atom. The molecular formula is C18H20N4O6-2. The van der Waals surface area contributed by atoms with Gasteiger partial charge in [-0.3, -0.25) is 0 Å². The van der Waals surface area contributed by atoms with E-state index in [0.29, 0.717) is 31.8 Å². The number of amides is 1. The SMILES string of the molecule is CCOC(=O)N1CCN(c2cccc3[nH]cnc23)CC1.O=C([O-])C=CC(=O)[O-]. The number of anilines is 1. The first kappa shape index (κ1) is 20.7. The number of carboxylic acids is 2. The van der Waals surface area contributed by atoms with Crippen molar-refractivity contribution in [3.8, 4) is 0 Å². The van der Waals surface area contributed by atoms with Gasteiger partial charge in [0.1, 0.15) is 5.52 Å². The molecule has 0 aliphatic carbocycles. The molecule has 0 atom stereocenters. The molecule has 1 N–H and O–H groups in total. The Labute approximate surface area is 161 Å². The Bertz CT molecular complexity index is 839. The average Bonchev–Trinajstić information content (AvgIpc) is 3.16. The number of aromatic amines is 1. The lowest BCUT2D eigenvalue weighted by Crippen LogP contribution is -2.49. The highest BCUT2D eigenvalue weighted by Gasteiger charge is 2.23. The first-order valence-corrected chi connectivity index (χ1v) is 8.61. The number of aromatic nitrogens is 2. The highest BCUT2D eigenvalue weighted by Crippen LogP contribution is 2.25. The lowest BCUT2D eigenvalue weighted by atomic mass is 10.2. The normalized spacial score (nSPS) is 13.9. The molecule has 10 nitrogen and oxygen atoms in total. The molecule has 1 aliphatic rings. The van der Waals surface area contributed by atoms with E-state index in [0.717, 1.165) is 29.8 Å². The number of imidazole rings is 1. The molecule has 0 unspecified atom stereocenters. The summed E-state index contributed by atoms with van der Waals surface area (Å²) in [5.41, 5.74) is 3.14. The number of benzene rings is 1. The Morgan fingerprint density at radius 3 is 2.36 bits per heavy atom. The van der Waals surface area contributed by atoms with Gasteiger partial charge in [-0.25, -0.2) is 9.78 Å². The van der Waals surface area contributed by atoms with Gasteiger partial charge in [0, 0.05) is 26.2 Å². The summed E-state index contributed by atoms with van der Waals surface area (Å²) in [5, 5.41) is 18.8. The monoisotopic (exact) mass is 388 g/mol. The highest BCUT2D eigenvalue weighted by molar-refractivity contribution is 5.88. The molecule has 0 bridgehead atoms. The van der Waals surface area contributed by atoms with Crippen LogP contribution in [0.1, 0.15) is 6.92 Å². The summed E-state index contributed by atoms with van der Waals surface area (Å²) in [6.07, 6.45) is 2.26. The van der Waals surface area contributed by atoms with Crippen molar-refractivity contribution in [1.82, 2.24) is 14.9 Å². The lowest BCUT2D eigenvalue weighted by molar-refractivity contribution is -0.301. The molecule has 28 heavy (non-hydrogen) atoms. The van der Waals surface area contributed by atoms with Gasteiger partial charge in [0.25, 0.3) is 0 Å². The van der Waals surface area contributed by atoms with E-state index in [9.17, 15) is 24.6 Å². The van der Waals surface area contributed by atoms with E-state index in [1.807, 2.05) is 19.1 Å². The number of aliphatic carboxylic acids is 2. The lowest BCUT2D eigenvalue weighted by Gasteiger charge is -2.35. The van der Waals surface area contributed by atoms with Crippen LogP contribution >= 0.6 is 0 Å². The quantitative estimate of drug-likeness (QED) is 0.650.